The highest BCUT2D eigenvalue weighted by molar-refractivity contribution is 5.87. The van der Waals surface area contributed by atoms with E-state index in [2.05, 4.69) is 41.0 Å². The molecular weight excluding hydrogens is 342 g/mol. The van der Waals surface area contributed by atoms with E-state index >= 15 is 0 Å². The average Bonchev–Trinajstić information content (AvgIpc) is 2.73. The van der Waals surface area contributed by atoms with Gasteiger partial charge in [-0.15, -0.1) is 0 Å². The van der Waals surface area contributed by atoms with Gasteiger partial charge in [-0.1, -0.05) is 39.8 Å². The van der Waals surface area contributed by atoms with Crippen molar-refractivity contribution in [3.05, 3.63) is 76.4 Å². The summed E-state index contributed by atoms with van der Waals surface area (Å²) in [6, 6.07) is 5.98. The smallest absolute Gasteiger partial charge is 0.0447 e. The van der Waals surface area contributed by atoms with Crippen LogP contribution in [0.15, 0.2) is 59.0 Å². The van der Waals surface area contributed by atoms with Gasteiger partial charge in [-0.3, -0.25) is 15.0 Å². The fourth-order valence-electron chi connectivity index (χ4n) is 2.21. The van der Waals surface area contributed by atoms with Gasteiger partial charge in [0, 0.05) is 37.5 Å². The molecule has 0 aromatic carbocycles. The minimum absolute atomic E-state index is 1.06. The van der Waals surface area contributed by atoms with Gasteiger partial charge in [0.15, 0.2) is 0 Å². The van der Waals surface area contributed by atoms with Crippen LogP contribution in [0.2, 0.25) is 0 Å². The van der Waals surface area contributed by atoms with Gasteiger partial charge < -0.3 is 0 Å². The molecule has 0 amide bonds. The Balaban J connectivity index is 0. The molecular formula is C25H39N3. The van der Waals surface area contributed by atoms with E-state index in [1.807, 2.05) is 85.3 Å². The average molecular weight is 382 g/mol. The second kappa shape index (κ2) is 17.8. The third-order valence-corrected chi connectivity index (χ3v) is 3.61. The van der Waals surface area contributed by atoms with E-state index in [0.717, 1.165) is 11.3 Å². The molecule has 0 atom stereocenters. The monoisotopic (exact) mass is 381 g/mol. The van der Waals surface area contributed by atoms with Crippen LogP contribution in [0.25, 0.3) is 6.08 Å². The van der Waals surface area contributed by atoms with Crippen molar-refractivity contribution in [1.29, 1.82) is 0 Å². The van der Waals surface area contributed by atoms with Crippen LogP contribution in [0, 0.1) is 20.8 Å². The van der Waals surface area contributed by atoms with Crippen LogP contribution in [-0.2, 0) is 0 Å². The van der Waals surface area contributed by atoms with E-state index in [0.29, 0.717) is 0 Å². The Morgan fingerprint density at radius 1 is 1.00 bits per heavy atom. The molecule has 0 aliphatic rings. The van der Waals surface area contributed by atoms with Crippen molar-refractivity contribution < 1.29 is 0 Å². The summed E-state index contributed by atoms with van der Waals surface area (Å²) in [5, 5.41) is 0. The lowest BCUT2D eigenvalue weighted by Gasteiger charge is -2.07. The fraction of sp³-hybridized carbons (Fsp3) is 0.400. The third kappa shape index (κ3) is 11.2. The van der Waals surface area contributed by atoms with E-state index in [1.165, 1.54) is 22.3 Å². The van der Waals surface area contributed by atoms with Crippen molar-refractivity contribution >= 4 is 12.3 Å². The van der Waals surface area contributed by atoms with Crippen LogP contribution >= 0.6 is 0 Å². The SMILES string of the molecule is C/C=C(C=NC)/C(C)=C/c1c(C)ccnc1C.CC.CC.Cc1cccnc1. The second-order valence-corrected chi connectivity index (χ2v) is 5.62. The lowest BCUT2D eigenvalue weighted by molar-refractivity contribution is 1.16. The predicted octanol–water partition coefficient (Wildman–Crippen LogP) is 7.19. The Morgan fingerprint density at radius 2 is 1.64 bits per heavy atom. The lowest BCUT2D eigenvalue weighted by Crippen LogP contribution is -1.93. The van der Waals surface area contributed by atoms with Gasteiger partial charge in [-0.25, -0.2) is 0 Å². The minimum Gasteiger partial charge on any atom is -0.296 e. The standard InChI is InChI=1S/C15H20N2.C6H7N.2C2H6/c1-6-14(10-16-5)12(3)9-15-11(2)7-8-17-13(15)4;1-6-3-2-4-7-5-6;2*1-2/h6-10H,1-5H3;2-5H,1H3;2*1-2H3/b12-9+,14-6+,16-10?;;;. The number of allylic oxidation sites excluding steroid dienone is 3. The molecule has 0 bridgehead atoms. The van der Waals surface area contributed by atoms with Gasteiger partial charge in [0.2, 0.25) is 0 Å². The number of nitrogens with zero attached hydrogens (tertiary/aromatic N) is 3. The van der Waals surface area contributed by atoms with E-state index < -0.39 is 0 Å². The van der Waals surface area contributed by atoms with Crippen molar-refractivity contribution in [3.63, 3.8) is 0 Å². The molecule has 2 aromatic heterocycles. The van der Waals surface area contributed by atoms with Gasteiger partial charge >= 0.3 is 0 Å². The van der Waals surface area contributed by atoms with Crippen LogP contribution in [0.5, 0.6) is 0 Å². The maximum atomic E-state index is 4.33. The van der Waals surface area contributed by atoms with E-state index in [4.69, 9.17) is 0 Å². The summed E-state index contributed by atoms with van der Waals surface area (Å²) in [6.45, 7) is 18.3. The molecule has 0 saturated carbocycles. The number of hydrogen-bond acceptors (Lipinski definition) is 3. The molecule has 0 radical (unpaired) electrons. The quantitative estimate of drug-likeness (QED) is 0.417. The van der Waals surface area contributed by atoms with Crippen LogP contribution in [0.3, 0.4) is 0 Å². The maximum absolute atomic E-state index is 4.33. The number of rotatable bonds is 3. The minimum atomic E-state index is 1.06. The van der Waals surface area contributed by atoms with Crippen molar-refractivity contribution in [3.8, 4) is 0 Å². The maximum Gasteiger partial charge on any atom is 0.0447 e. The van der Waals surface area contributed by atoms with Crippen LogP contribution in [-0.4, -0.2) is 23.2 Å². The van der Waals surface area contributed by atoms with Gasteiger partial charge in [0.1, 0.15) is 0 Å². The zero-order chi connectivity index (χ0) is 21.9. The Kier molecular flexibility index (Phi) is 17.6. The molecule has 3 nitrogen and oxygen atoms in total. The molecule has 154 valence electrons. The molecule has 2 heterocycles. The first-order chi connectivity index (χ1) is 13.5. The molecule has 0 spiro atoms. The normalized spacial score (nSPS) is 10.8. The highest BCUT2D eigenvalue weighted by Gasteiger charge is 2.02. The number of aryl methyl sites for hydroxylation is 3. The largest absolute Gasteiger partial charge is 0.296 e. The summed E-state index contributed by atoms with van der Waals surface area (Å²) in [5.41, 5.74) is 7.08. The van der Waals surface area contributed by atoms with Crippen molar-refractivity contribution in [2.45, 2.75) is 62.3 Å². The summed E-state index contributed by atoms with van der Waals surface area (Å²) in [4.78, 5) is 12.3. The predicted molar refractivity (Wildman–Crippen MR) is 127 cm³/mol. The molecule has 0 saturated heterocycles. The van der Waals surface area contributed by atoms with Gasteiger partial charge in [-0.2, -0.15) is 0 Å². The van der Waals surface area contributed by atoms with Crippen LogP contribution in [0.1, 0.15) is 63.9 Å². The topological polar surface area (TPSA) is 38.1 Å². The fourth-order valence-corrected chi connectivity index (χ4v) is 2.21. The number of pyridine rings is 2. The molecule has 0 aliphatic carbocycles. The van der Waals surface area contributed by atoms with E-state index in [9.17, 15) is 0 Å². The first-order valence-electron chi connectivity index (χ1n) is 10.1. The number of aromatic nitrogens is 2. The van der Waals surface area contributed by atoms with Gasteiger partial charge in [-0.05, 0) is 80.7 Å². The van der Waals surface area contributed by atoms with Gasteiger partial charge in [0.25, 0.3) is 0 Å². The zero-order valence-electron chi connectivity index (χ0n) is 19.5. The van der Waals surface area contributed by atoms with E-state index in [1.54, 1.807) is 13.2 Å². The van der Waals surface area contributed by atoms with Crippen molar-refractivity contribution in [1.82, 2.24) is 9.97 Å². The van der Waals surface area contributed by atoms with Crippen molar-refractivity contribution in [2.24, 2.45) is 4.99 Å². The highest BCUT2D eigenvalue weighted by atomic mass is 14.7. The summed E-state index contributed by atoms with van der Waals surface area (Å²) in [6.07, 6.45) is 11.6. The number of aliphatic imine (C=N–C) groups is 1. The lowest BCUT2D eigenvalue weighted by atomic mass is 10.0. The Bertz CT molecular complexity index is 706. The zero-order valence-corrected chi connectivity index (χ0v) is 19.5. The Morgan fingerprint density at radius 3 is 2.04 bits per heavy atom. The summed E-state index contributed by atoms with van der Waals surface area (Å²) in [5.74, 6) is 0. The first kappa shape index (κ1) is 27.7. The molecule has 28 heavy (non-hydrogen) atoms. The Hall–Kier alpha value is -2.55. The highest BCUT2D eigenvalue weighted by Crippen LogP contribution is 2.18. The van der Waals surface area contributed by atoms with Crippen LogP contribution < -0.4 is 0 Å². The molecule has 3 heteroatoms. The van der Waals surface area contributed by atoms with Gasteiger partial charge in [0.05, 0.1) is 0 Å². The summed E-state index contributed by atoms with van der Waals surface area (Å²) < 4.78 is 0. The molecule has 0 aliphatic heterocycles. The Labute approximate surface area is 173 Å². The van der Waals surface area contributed by atoms with Crippen molar-refractivity contribution in [2.75, 3.05) is 7.05 Å². The van der Waals surface area contributed by atoms with E-state index in [-0.39, 0.29) is 0 Å². The molecule has 2 rings (SSSR count). The molecule has 0 fully saturated rings. The number of hydrogen-bond donors (Lipinski definition) is 0. The van der Waals surface area contributed by atoms with Crippen LogP contribution in [0.4, 0.5) is 0 Å². The molecule has 0 unspecified atom stereocenters. The second-order valence-electron chi connectivity index (χ2n) is 5.62. The summed E-state index contributed by atoms with van der Waals surface area (Å²) in [7, 11) is 1.79. The summed E-state index contributed by atoms with van der Waals surface area (Å²) >= 11 is 0. The third-order valence-electron chi connectivity index (χ3n) is 3.61. The molecule has 2 aromatic rings. The first-order valence-corrected chi connectivity index (χ1v) is 10.1. The molecule has 0 N–H and O–H groups in total.